The second-order valence-corrected chi connectivity index (χ2v) is 4.50. The molecule has 1 aromatic rings. The maximum Gasteiger partial charge on any atom is 0.251 e. The minimum Gasteiger partial charge on any atom is -0.384 e. The number of nitrogens with zero attached hydrogens (tertiary/aromatic N) is 1. The van der Waals surface area contributed by atoms with E-state index in [0.29, 0.717) is 12.1 Å². The minimum atomic E-state index is -0.182. The van der Waals surface area contributed by atoms with Crippen LogP contribution in [-0.2, 0) is 0 Å². The van der Waals surface area contributed by atoms with E-state index in [-0.39, 0.29) is 12.5 Å². The molecule has 0 bridgehead atoms. The molecule has 0 heterocycles. The standard InChI is InChI=1S/C15H20N2O2/c1-12-13(7-5-11-18)6-4-8-14(12)15(19)16-9-10-17(2)3/h4,6,8,18H,9-11H2,1-3H3,(H,16,19). The van der Waals surface area contributed by atoms with Gasteiger partial charge in [-0.25, -0.2) is 0 Å². The second-order valence-electron chi connectivity index (χ2n) is 4.50. The average molecular weight is 260 g/mol. The van der Waals surface area contributed by atoms with E-state index in [0.717, 1.165) is 17.7 Å². The van der Waals surface area contributed by atoms with Crippen molar-refractivity contribution in [2.45, 2.75) is 6.92 Å². The molecule has 0 aliphatic rings. The van der Waals surface area contributed by atoms with Gasteiger partial charge in [-0.3, -0.25) is 4.79 Å². The van der Waals surface area contributed by atoms with Gasteiger partial charge in [0.1, 0.15) is 6.61 Å². The highest BCUT2D eigenvalue weighted by Gasteiger charge is 2.10. The molecule has 19 heavy (non-hydrogen) atoms. The van der Waals surface area contributed by atoms with Crippen LogP contribution < -0.4 is 5.32 Å². The molecular formula is C15H20N2O2. The van der Waals surface area contributed by atoms with Gasteiger partial charge in [-0.05, 0) is 38.7 Å². The number of carbonyl (C=O) groups is 1. The van der Waals surface area contributed by atoms with Gasteiger partial charge in [0.2, 0.25) is 0 Å². The fourth-order valence-electron chi connectivity index (χ4n) is 1.64. The molecule has 0 aromatic heterocycles. The number of aliphatic hydroxyl groups is 1. The predicted molar refractivity (Wildman–Crippen MR) is 76.0 cm³/mol. The number of benzene rings is 1. The molecule has 0 aliphatic heterocycles. The molecule has 0 aliphatic carbocycles. The van der Waals surface area contributed by atoms with Crippen LogP contribution in [0.15, 0.2) is 18.2 Å². The molecule has 102 valence electrons. The Morgan fingerprint density at radius 3 is 2.79 bits per heavy atom. The molecule has 2 N–H and O–H groups in total. The maximum atomic E-state index is 12.0. The molecule has 0 unspecified atom stereocenters. The monoisotopic (exact) mass is 260 g/mol. The summed E-state index contributed by atoms with van der Waals surface area (Å²) in [4.78, 5) is 14.1. The maximum absolute atomic E-state index is 12.0. The first-order valence-corrected chi connectivity index (χ1v) is 6.18. The highest BCUT2D eigenvalue weighted by Crippen LogP contribution is 2.12. The van der Waals surface area contributed by atoms with E-state index in [1.165, 1.54) is 0 Å². The lowest BCUT2D eigenvalue weighted by Gasteiger charge is -2.12. The van der Waals surface area contributed by atoms with Gasteiger partial charge < -0.3 is 15.3 Å². The summed E-state index contributed by atoms with van der Waals surface area (Å²) < 4.78 is 0. The van der Waals surface area contributed by atoms with Crippen molar-refractivity contribution < 1.29 is 9.90 Å². The zero-order chi connectivity index (χ0) is 14.3. The SMILES string of the molecule is Cc1c(C#CCO)cccc1C(=O)NCCN(C)C. The van der Waals surface area contributed by atoms with E-state index in [2.05, 4.69) is 17.2 Å². The average Bonchev–Trinajstić information content (AvgIpc) is 2.37. The number of nitrogens with one attached hydrogen (secondary N) is 1. The number of carbonyl (C=O) groups excluding carboxylic acids is 1. The summed E-state index contributed by atoms with van der Waals surface area (Å²) in [6.45, 7) is 3.09. The summed E-state index contributed by atoms with van der Waals surface area (Å²) in [5, 5.41) is 11.6. The van der Waals surface area contributed by atoms with Crippen molar-refractivity contribution in [3.63, 3.8) is 0 Å². The molecule has 0 spiro atoms. The van der Waals surface area contributed by atoms with Crippen molar-refractivity contribution in [3.05, 3.63) is 34.9 Å². The van der Waals surface area contributed by atoms with Gasteiger partial charge in [0.05, 0.1) is 0 Å². The molecule has 0 saturated heterocycles. The van der Waals surface area contributed by atoms with Crippen molar-refractivity contribution in [2.75, 3.05) is 33.8 Å². The van der Waals surface area contributed by atoms with Gasteiger partial charge in [0, 0.05) is 24.2 Å². The Morgan fingerprint density at radius 1 is 1.42 bits per heavy atom. The lowest BCUT2D eigenvalue weighted by atomic mass is 10.0. The normalized spacial score (nSPS) is 9.95. The van der Waals surface area contributed by atoms with Crippen LogP contribution >= 0.6 is 0 Å². The number of hydrogen-bond donors (Lipinski definition) is 2. The summed E-state index contributed by atoms with van der Waals surface area (Å²) in [6.07, 6.45) is 0. The van der Waals surface area contributed by atoms with E-state index in [4.69, 9.17) is 5.11 Å². The first-order chi connectivity index (χ1) is 9.06. The number of aliphatic hydroxyl groups excluding tert-OH is 1. The molecule has 4 nitrogen and oxygen atoms in total. The number of rotatable bonds is 4. The summed E-state index contributed by atoms with van der Waals surface area (Å²) in [6, 6.07) is 5.42. The van der Waals surface area contributed by atoms with Crippen molar-refractivity contribution in [3.8, 4) is 11.8 Å². The number of hydrogen-bond acceptors (Lipinski definition) is 3. The zero-order valence-corrected chi connectivity index (χ0v) is 11.7. The van der Waals surface area contributed by atoms with Crippen molar-refractivity contribution >= 4 is 5.91 Å². The first kappa shape index (κ1) is 15.2. The molecule has 1 aromatic carbocycles. The van der Waals surface area contributed by atoms with E-state index in [1.807, 2.05) is 32.0 Å². The van der Waals surface area contributed by atoms with Gasteiger partial charge in [-0.15, -0.1) is 0 Å². The summed E-state index contributed by atoms with van der Waals surface area (Å²) in [7, 11) is 3.92. The summed E-state index contributed by atoms with van der Waals surface area (Å²) in [5.41, 5.74) is 2.24. The van der Waals surface area contributed by atoms with Gasteiger partial charge >= 0.3 is 0 Å². The lowest BCUT2D eigenvalue weighted by molar-refractivity contribution is 0.0950. The van der Waals surface area contributed by atoms with Crippen molar-refractivity contribution in [1.29, 1.82) is 0 Å². The van der Waals surface area contributed by atoms with E-state index < -0.39 is 0 Å². The third kappa shape index (κ3) is 4.74. The van der Waals surface area contributed by atoms with Gasteiger partial charge in [0.25, 0.3) is 5.91 Å². The van der Waals surface area contributed by atoms with Crippen LogP contribution in [0, 0.1) is 18.8 Å². The molecule has 0 saturated carbocycles. The number of amides is 1. The Bertz CT molecular complexity index is 499. The van der Waals surface area contributed by atoms with Crippen LogP contribution in [0.5, 0.6) is 0 Å². The Morgan fingerprint density at radius 2 is 2.16 bits per heavy atom. The molecule has 0 radical (unpaired) electrons. The summed E-state index contributed by atoms with van der Waals surface area (Å²) >= 11 is 0. The van der Waals surface area contributed by atoms with Crippen LogP contribution in [0.25, 0.3) is 0 Å². The van der Waals surface area contributed by atoms with Crippen LogP contribution in [0.1, 0.15) is 21.5 Å². The molecular weight excluding hydrogens is 240 g/mol. The van der Waals surface area contributed by atoms with Gasteiger partial charge in [-0.1, -0.05) is 17.9 Å². The Labute approximate surface area is 114 Å². The third-order valence-electron chi connectivity index (χ3n) is 2.73. The Hall–Kier alpha value is -1.83. The van der Waals surface area contributed by atoms with E-state index in [9.17, 15) is 4.79 Å². The number of likely N-dealkylation sites (N-methyl/N-ethyl adjacent to an activating group) is 1. The van der Waals surface area contributed by atoms with E-state index >= 15 is 0 Å². The molecule has 0 fully saturated rings. The molecule has 4 heteroatoms. The largest absolute Gasteiger partial charge is 0.384 e. The van der Waals surface area contributed by atoms with Crippen LogP contribution in [0.2, 0.25) is 0 Å². The molecule has 1 amide bonds. The fourth-order valence-corrected chi connectivity index (χ4v) is 1.64. The topological polar surface area (TPSA) is 52.6 Å². The van der Waals surface area contributed by atoms with Crippen molar-refractivity contribution in [1.82, 2.24) is 10.2 Å². The smallest absolute Gasteiger partial charge is 0.251 e. The Kier molecular flexibility index (Phi) is 6.07. The fraction of sp³-hybridized carbons (Fsp3) is 0.400. The first-order valence-electron chi connectivity index (χ1n) is 6.18. The molecule has 1 rings (SSSR count). The second kappa shape index (κ2) is 7.57. The van der Waals surface area contributed by atoms with Crippen molar-refractivity contribution in [2.24, 2.45) is 0 Å². The minimum absolute atomic E-state index is 0.0907. The highest BCUT2D eigenvalue weighted by molar-refractivity contribution is 5.96. The highest BCUT2D eigenvalue weighted by atomic mass is 16.2. The Balaban J connectivity index is 2.80. The van der Waals surface area contributed by atoms with Gasteiger partial charge in [-0.2, -0.15) is 0 Å². The summed E-state index contributed by atoms with van der Waals surface area (Å²) in [5.74, 6) is 5.35. The lowest BCUT2D eigenvalue weighted by Crippen LogP contribution is -2.31. The zero-order valence-electron chi connectivity index (χ0n) is 11.7. The third-order valence-corrected chi connectivity index (χ3v) is 2.73. The van der Waals surface area contributed by atoms with Crippen LogP contribution in [0.4, 0.5) is 0 Å². The van der Waals surface area contributed by atoms with Crippen LogP contribution in [0.3, 0.4) is 0 Å². The van der Waals surface area contributed by atoms with Crippen LogP contribution in [-0.4, -0.2) is 49.7 Å². The van der Waals surface area contributed by atoms with Gasteiger partial charge in [0.15, 0.2) is 0 Å². The molecule has 0 atom stereocenters. The van der Waals surface area contributed by atoms with E-state index in [1.54, 1.807) is 12.1 Å². The predicted octanol–water partition coefficient (Wildman–Crippen LogP) is 0.630. The quantitative estimate of drug-likeness (QED) is 0.781.